The second-order valence-electron chi connectivity index (χ2n) is 16.8. The molecule has 7 atom stereocenters. The van der Waals surface area contributed by atoms with E-state index < -0.39 is 110 Å². The highest BCUT2D eigenvalue weighted by Crippen LogP contribution is 2.45. The molecule has 0 radical (unpaired) electrons. The van der Waals surface area contributed by atoms with Gasteiger partial charge in [-0.1, -0.05) is 18.2 Å². The van der Waals surface area contributed by atoms with Gasteiger partial charge in [0.25, 0.3) is 5.91 Å². The topological polar surface area (TPSA) is 227 Å². The average Bonchev–Trinajstić information content (AvgIpc) is 3.90. The van der Waals surface area contributed by atoms with Gasteiger partial charge in [0.15, 0.2) is 0 Å². The number of nitrogens with one attached hydrogen (secondary N) is 3. The third-order valence-electron chi connectivity index (χ3n) is 11.3. The number of halogens is 1. The highest BCUT2D eigenvalue weighted by Gasteiger charge is 2.62. The minimum absolute atomic E-state index is 0.0241. The molecule has 1 aromatic carbocycles. The lowest BCUT2D eigenvalue weighted by Gasteiger charge is -2.31. The van der Waals surface area contributed by atoms with E-state index in [1.165, 1.54) is 28.0 Å². The molecule has 18 nitrogen and oxygen atoms in total. The number of hydrogen-bond donors (Lipinski definition) is 3. The molecule has 4 heterocycles. The molecule has 3 N–H and O–H groups in total. The number of hydrogen-bond acceptors (Lipinski definition) is 12. The molecular weight excluding hydrogens is 784 g/mol. The predicted molar refractivity (Wildman–Crippen MR) is 198 cm³/mol. The SMILES string of the molecule is C=CC1CC1(NC(=O)C1CC(OC(=O)N2Cc3cccc(F)c3C2)CN1C(=O)C(CCC(=O)N1CC2CC1C(=O)O2)NC(=O)OC(C)(C)C)C(=O)NS(=O)(=O)C1CC1. The molecule has 6 amide bonds. The van der Waals surface area contributed by atoms with Gasteiger partial charge in [-0.2, -0.15) is 0 Å². The van der Waals surface area contributed by atoms with Crippen molar-refractivity contribution in [2.24, 2.45) is 5.92 Å². The minimum Gasteiger partial charge on any atom is -0.459 e. The van der Waals surface area contributed by atoms with Crippen LogP contribution in [-0.4, -0.2) is 125 Å². The van der Waals surface area contributed by atoms with Gasteiger partial charge in [-0.15, -0.1) is 6.58 Å². The van der Waals surface area contributed by atoms with Crippen LogP contribution in [0.5, 0.6) is 0 Å². The smallest absolute Gasteiger partial charge is 0.410 e. The molecule has 20 heteroatoms. The van der Waals surface area contributed by atoms with Crippen molar-refractivity contribution in [3.05, 3.63) is 47.8 Å². The van der Waals surface area contributed by atoms with Crippen LogP contribution in [0.2, 0.25) is 0 Å². The summed E-state index contributed by atoms with van der Waals surface area (Å²) in [5.74, 6) is -4.79. The molecule has 0 spiro atoms. The van der Waals surface area contributed by atoms with E-state index >= 15 is 0 Å². The Morgan fingerprint density at radius 3 is 2.45 bits per heavy atom. The van der Waals surface area contributed by atoms with Crippen LogP contribution in [0.25, 0.3) is 0 Å². The average molecular weight is 831 g/mol. The van der Waals surface area contributed by atoms with Crippen LogP contribution in [0.15, 0.2) is 30.9 Å². The summed E-state index contributed by atoms with van der Waals surface area (Å²) in [7, 11) is -4.00. The Balaban J connectivity index is 1.12. The van der Waals surface area contributed by atoms with Crippen LogP contribution < -0.4 is 15.4 Å². The van der Waals surface area contributed by atoms with Gasteiger partial charge in [0.1, 0.15) is 47.3 Å². The van der Waals surface area contributed by atoms with Crippen molar-refractivity contribution >= 4 is 51.8 Å². The van der Waals surface area contributed by atoms with Crippen molar-refractivity contribution in [2.75, 3.05) is 13.1 Å². The maximum absolute atomic E-state index is 14.6. The molecule has 5 fully saturated rings. The highest BCUT2D eigenvalue weighted by molar-refractivity contribution is 7.91. The summed E-state index contributed by atoms with van der Waals surface area (Å²) in [6, 6.07) is 0.849. The summed E-state index contributed by atoms with van der Waals surface area (Å²) in [6.07, 6.45) is -1.65. The van der Waals surface area contributed by atoms with Crippen LogP contribution in [0, 0.1) is 11.7 Å². The third-order valence-corrected chi connectivity index (χ3v) is 13.1. The van der Waals surface area contributed by atoms with Crippen molar-refractivity contribution in [2.45, 2.75) is 126 Å². The Morgan fingerprint density at radius 2 is 1.83 bits per heavy atom. The lowest BCUT2D eigenvalue weighted by Crippen LogP contribution is -2.58. The number of nitrogens with zero attached hydrogens (tertiary/aromatic N) is 3. The normalized spacial score (nSPS) is 27.6. The third kappa shape index (κ3) is 8.33. The second-order valence-corrected chi connectivity index (χ2v) is 18.7. The first-order valence-corrected chi connectivity index (χ1v) is 20.9. The summed E-state index contributed by atoms with van der Waals surface area (Å²) in [5.41, 5.74) is -1.76. The molecule has 6 aliphatic rings. The fourth-order valence-electron chi connectivity index (χ4n) is 8.06. The molecular formula is C38H47FN6O12S. The van der Waals surface area contributed by atoms with Crippen molar-refractivity contribution in [1.29, 1.82) is 0 Å². The largest absolute Gasteiger partial charge is 0.459 e. The summed E-state index contributed by atoms with van der Waals surface area (Å²) >= 11 is 0. The van der Waals surface area contributed by atoms with Gasteiger partial charge in [-0.05, 0) is 58.1 Å². The van der Waals surface area contributed by atoms with E-state index in [1.54, 1.807) is 26.8 Å². The van der Waals surface area contributed by atoms with E-state index in [2.05, 4.69) is 21.9 Å². The van der Waals surface area contributed by atoms with Gasteiger partial charge in [0.2, 0.25) is 27.7 Å². The van der Waals surface area contributed by atoms with Crippen LogP contribution in [-0.2, 0) is 61.3 Å². The van der Waals surface area contributed by atoms with Crippen LogP contribution >= 0.6 is 0 Å². The Kier molecular flexibility index (Phi) is 10.7. The molecule has 2 saturated carbocycles. The number of fused-ring (bicyclic) bond motifs is 3. The number of morpholine rings is 1. The maximum atomic E-state index is 14.6. The first kappa shape index (κ1) is 40.9. The zero-order valence-electron chi connectivity index (χ0n) is 32.4. The van der Waals surface area contributed by atoms with Gasteiger partial charge >= 0.3 is 18.2 Å². The second kappa shape index (κ2) is 15.2. The van der Waals surface area contributed by atoms with Gasteiger partial charge in [-0.3, -0.25) is 28.8 Å². The van der Waals surface area contributed by atoms with Crippen molar-refractivity contribution < 1.29 is 60.6 Å². The molecule has 4 aliphatic heterocycles. The molecule has 3 saturated heterocycles. The Morgan fingerprint density at radius 1 is 1.09 bits per heavy atom. The van der Waals surface area contributed by atoms with E-state index in [9.17, 15) is 46.4 Å². The first-order valence-electron chi connectivity index (χ1n) is 19.3. The fraction of sp³-hybridized carbons (Fsp3) is 0.605. The summed E-state index contributed by atoms with van der Waals surface area (Å²) in [6.45, 7) is 8.35. The molecule has 0 aromatic heterocycles. The predicted octanol–water partition coefficient (Wildman–Crippen LogP) is 1.12. The zero-order valence-corrected chi connectivity index (χ0v) is 33.2. The molecule has 2 bridgehead atoms. The standard InChI is InChI=1S/C38H47FN6O12S/c1-5-21-15-38(21,34(50)42-58(53,54)24-9-10-24)41-31(47)28-13-23(56-36(52)43-16-20-7-6-8-26(39)25(20)19-43)18-45(28)32(48)27(40-35(51)57-37(2,3)4)11-12-30(46)44-17-22-14-29(44)33(49)55-22/h5-8,21-24,27-29H,1,9-19H2,2-4H3,(H,40,51)(H,41,47)(H,42,50). The minimum atomic E-state index is -4.00. The number of carbonyl (C=O) groups is 7. The van der Waals surface area contributed by atoms with E-state index in [-0.39, 0.29) is 51.9 Å². The maximum Gasteiger partial charge on any atom is 0.410 e. The van der Waals surface area contributed by atoms with Crippen molar-refractivity contribution in [3.63, 3.8) is 0 Å². The molecule has 7 rings (SSSR count). The quantitative estimate of drug-likeness (QED) is 0.153. The van der Waals surface area contributed by atoms with Gasteiger partial charge in [-0.25, -0.2) is 27.2 Å². The van der Waals surface area contributed by atoms with Crippen LogP contribution in [0.1, 0.15) is 76.8 Å². The van der Waals surface area contributed by atoms with Gasteiger partial charge in [0, 0.05) is 37.3 Å². The molecule has 2 aliphatic carbocycles. The fourth-order valence-corrected chi connectivity index (χ4v) is 9.43. The van der Waals surface area contributed by atoms with Crippen molar-refractivity contribution in [3.8, 4) is 0 Å². The summed E-state index contributed by atoms with van der Waals surface area (Å²) in [4.78, 5) is 98.1. The summed E-state index contributed by atoms with van der Waals surface area (Å²) < 4.78 is 58.4. The zero-order chi connectivity index (χ0) is 41.9. The first-order chi connectivity index (χ1) is 27.3. The number of benzene rings is 1. The number of ether oxygens (including phenoxy) is 3. The number of rotatable bonds is 12. The van der Waals surface area contributed by atoms with E-state index in [1.807, 2.05) is 0 Å². The number of esters is 1. The van der Waals surface area contributed by atoms with Crippen LogP contribution in [0.4, 0.5) is 14.0 Å². The van der Waals surface area contributed by atoms with Crippen LogP contribution in [0.3, 0.4) is 0 Å². The highest BCUT2D eigenvalue weighted by atomic mass is 32.2. The molecule has 58 heavy (non-hydrogen) atoms. The molecule has 7 unspecified atom stereocenters. The van der Waals surface area contributed by atoms with E-state index in [4.69, 9.17) is 14.2 Å². The Bertz CT molecular complexity index is 2060. The van der Waals surface area contributed by atoms with Crippen molar-refractivity contribution in [1.82, 2.24) is 30.1 Å². The summed E-state index contributed by atoms with van der Waals surface area (Å²) in [5, 5.41) is 4.44. The number of alkyl carbamates (subject to hydrolysis) is 1. The number of sulfonamides is 1. The number of likely N-dealkylation sites (tertiary alicyclic amines) is 2. The molecule has 1 aromatic rings. The van der Waals surface area contributed by atoms with Gasteiger partial charge in [0.05, 0.1) is 24.9 Å². The lowest BCUT2D eigenvalue weighted by molar-refractivity contribution is -0.157. The lowest BCUT2D eigenvalue weighted by atomic mass is 10.1. The monoisotopic (exact) mass is 830 g/mol. The number of amides is 6. The Labute approximate surface area is 334 Å². The Hall–Kier alpha value is -5.27. The van der Waals surface area contributed by atoms with E-state index in [0.717, 1.165) is 4.90 Å². The number of carbonyl (C=O) groups excluding carboxylic acids is 7. The molecule has 314 valence electrons. The van der Waals surface area contributed by atoms with E-state index in [0.29, 0.717) is 30.4 Å². The van der Waals surface area contributed by atoms with Gasteiger partial charge < -0.3 is 34.6 Å².